The van der Waals surface area contributed by atoms with Crippen molar-refractivity contribution in [1.82, 2.24) is 20.0 Å². The molecule has 0 bridgehead atoms. The molecule has 2 heterocycles. The second kappa shape index (κ2) is 12.0. The Morgan fingerprint density at radius 3 is 2.45 bits per heavy atom. The van der Waals surface area contributed by atoms with Crippen molar-refractivity contribution in [1.29, 1.82) is 0 Å². The quantitative estimate of drug-likeness (QED) is 0.530. The molecule has 8 nitrogen and oxygen atoms in total. The summed E-state index contributed by atoms with van der Waals surface area (Å²) in [6.45, 7) is 7.90. The summed E-state index contributed by atoms with van der Waals surface area (Å²) in [7, 11) is 0. The minimum atomic E-state index is -0.777. The van der Waals surface area contributed by atoms with Crippen LogP contribution in [0, 0.1) is 5.82 Å². The van der Waals surface area contributed by atoms with Crippen LogP contribution in [-0.2, 0) is 9.53 Å². The smallest absolute Gasteiger partial charge is 0.338 e. The SMILES string of the molecule is CCOC(=O)C1=C(CN2CCN(C(=O)c3ccccc3Cl)C(C)C2)N(CC)C(=O)NC1c1ccc(F)cc1. The largest absolute Gasteiger partial charge is 0.463 e. The predicted octanol–water partition coefficient (Wildman–Crippen LogP) is 4.23. The zero-order valence-corrected chi connectivity index (χ0v) is 22.5. The molecule has 10 heteroatoms. The summed E-state index contributed by atoms with van der Waals surface area (Å²) in [5, 5.41) is 3.30. The molecule has 3 amide bonds. The average Bonchev–Trinajstić information content (AvgIpc) is 2.89. The van der Waals surface area contributed by atoms with Crippen molar-refractivity contribution in [2.45, 2.75) is 32.9 Å². The highest BCUT2D eigenvalue weighted by Crippen LogP contribution is 2.32. The Balaban J connectivity index is 1.63. The van der Waals surface area contributed by atoms with Crippen LogP contribution in [0.25, 0.3) is 0 Å². The third-order valence-corrected chi connectivity index (χ3v) is 7.23. The molecule has 202 valence electrons. The van der Waals surface area contributed by atoms with Gasteiger partial charge in [0.1, 0.15) is 5.82 Å². The molecule has 2 unspecified atom stereocenters. The summed E-state index contributed by atoms with van der Waals surface area (Å²) in [6.07, 6.45) is 0. The van der Waals surface area contributed by atoms with E-state index in [4.69, 9.17) is 16.3 Å². The second-order valence-electron chi connectivity index (χ2n) is 9.32. The number of urea groups is 1. The molecule has 0 radical (unpaired) electrons. The van der Waals surface area contributed by atoms with Crippen molar-refractivity contribution in [3.05, 3.63) is 81.8 Å². The lowest BCUT2D eigenvalue weighted by molar-refractivity contribution is -0.139. The normalized spacial score (nSPS) is 20.4. The maximum absolute atomic E-state index is 13.6. The molecule has 2 aliphatic rings. The van der Waals surface area contributed by atoms with Gasteiger partial charge in [0.25, 0.3) is 5.91 Å². The van der Waals surface area contributed by atoms with E-state index >= 15 is 0 Å². The van der Waals surface area contributed by atoms with Gasteiger partial charge in [-0.3, -0.25) is 14.6 Å². The van der Waals surface area contributed by atoms with Crippen LogP contribution in [0.4, 0.5) is 9.18 Å². The number of hydrogen-bond acceptors (Lipinski definition) is 5. The monoisotopic (exact) mass is 542 g/mol. The zero-order valence-electron chi connectivity index (χ0n) is 21.7. The summed E-state index contributed by atoms with van der Waals surface area (Å²) >= 11 is 6.26. The fourth-order valence-electron chi connectivity index (χ4n) is 5.04. The standard InChI is InChI=1S/C28H32ClFN4O4/c1-4-33-23(17-32-14-15-34(18(3)16-32)26(35)21-8-6-7-9-22(21)29)24(27(36)38-5-2)25(31-28(33)37)19-10-12-20(30)13-11-19/h6-13,18,25H,4-5,14-17H2,1-3H3,(H,31,37). The number of piperazine rings is 1. The van der Waals surface area contributed by atoms with Crippen LogP contribution < -0.4 is 5.32 Å². The van der Waals surface area contributed by atoms with Gasteiger partial charge in [-0.15, -0.1) is 0 Å². The molecule has 0 saturated carbocycles. The molecular formula is C28H32ClFN4O4. The highest BCUT2D eigenvalue weighted by atomic mass is 35.5. The van der Waals surface area contributed by atoms with Gasteiger partial charge in [0.15, 0.2) is 0 Å². The number of likely N-dealkylation sites (N-methyl/N-ethyl adjacent to an activating group) is 1. The van der Waals surface area contributed by atoms with Crippen LogP contribution in [-0.4, -0.2) is 78.0 Å². The van der Waals surface area contributed by atoms with Gasteiger partial charge in [-0.2, -0.15) is 0 Å². The van der Waals surface area contributed by atoms with Crippen molar-refractivity contribution in [2.24, 2.45) is 0 Å². The van der Waals surface area contributed by atoms with Gasteiger partial charge in [0, 0.05) is 44.5 Å². The molecule has 1 N–H and O–H groups in total. The van der Waals surface area contributed by atoms with Gasteiger partial charge in [0.05, 0.1) is 28.8 Å². The van der Waals surface area contributed by atoms with Crippen molar-refractivity contribution in [3.63, 3.8) is 0 Å². The summed E-state index contributed by atoms with van der Waals surface area (Å²) in [5.74, 6) is -1.07. The van der Waals surface area contributed by atoms with Crippen LogP contribution in [0.5, 0.6) is 0 Å². The van der Waals surface area contributed by atoms with E-state index in [9.17, 15) is 18.8 Å². The summed E-state index contributed by atoms with van der Waals surface area (Å²) < 4.78 is 19.0. The number of esters is 1. The second-order valence-corrected chi connectivity index (χ2v) is 9.73. The first kappa shape index (κ1) is 27.6. The first-order chi connectivity index (χ1) is 18.2. The Hall–Kier alpha value is -3.43. The van der Waals surface area contributed by atoms with E-state index in [0.29, 0.717) is 60.1 Å². The highest BCUT2D eigenvalue weighted by molar-refractivity contribution is 6.33. The van der Waals surface area contributed by atoms with Crippen molar-refractivity contribution >= 4 is 29.5 Å². The average molecular weight is 543 g/mol. The Morgan fingerprint density at radius 1 is 1.11 bits per heavy atom. The number of carbonyl (C=O) groups excluding carboxylic acids is 3. The summed E-state index contributed by atoms with van der Waals surface area (Å²) in [6, 6.07) is 11.5. The molecule has 2 aromatic rings. The Kier molecular flexibility index (Phi) is 8.69. The van der Waals surface area contributed by atoms with E-state index in [-0.39, 0.29) is 24.6 Å². The van der Waals surface area contributed by atoms with Gasteiger partial charge in [-0.25, -0.2) is 14.0 Å². The highest BCUT2D eigenvalue weighted by Gasteiger charge is 2.39. The maximum atomic E-state index is 13.6. The van der Waals surface area contributed by atoms with Crippen molar-refractivity contribution in [2.75, 3.05) is 39.3 Å². The first-order valence-electron chi connectivity index (χ1n) is 12.8. The maximum Gasteiger partial charge on any atom is 0.338 e. The number of amides is 3. The number of halogens is 2. The van der Waals surface area contributed by atoms with Crippen LogP contribution in [0.15, 0.2) is 59.8 Å². The fourth-order valence-corrected chi connectivity index (χ4v) is 5.26. The number of nitrogens with one attached hydrogen (secondary N) is 1. The molecule has 0 aliphatic carbocycles. The van der Waals surface area contributed by atoms with Crippen LogP contribution >= 0.6 is 11.6 Å². The minimum Gasteiger partial charge on any atom is -0.463 e. The molecule has 0 aromatic heterocycles. The fraction of sp³-hybridized carbons (Fsp3) is 0.393. The number of rotatable bonds is 7. The number of nitrogens with zero attached hydrogens (tertiary/aromatic N) is 3. The van der Waals surface area contributed by atoms with Crippen molar-refractivity contribution in [3.8, 4) is 0 Å². The zero-order chi connectivity index (χ0) is 27.4. The third-order valence-electron chi connectivity index (χ3n) is 6.90. The lowest BCUT2D eigenvalue weighted by Gasteiger charge is -2.43. The van der Waals surface area contributed by atoms with Gasteiger partial charge in [0.2, 0.25) is 0 Å². The molecule has 1 fully saturated rings. The van der Waals surface area contributed by atoms with Crippen LogP contribution in [0.1, 0.15) is 42.7 Å². The van der Waals surface area contributed by atoms with Crippen LogP contribution in [0.3, 0.4) is 0 Å². The molecule has 2 atom stereocenters. The summed E-state index contributed by atoms with van der Waals surface area (Å²) in [5.41, 5.74) is 1.91. The molecule has 1 saturated heterocycles. The molecule has 38 heavy (non-hydrogen) atoms. The molecule has 0 spiro atoms. The van der Waals surface area contributed by atoms with E-state index in [1.54, 1.807) is 48.2 Å². The minimum absolute atomic E-state index is 0.125. The Morgan fingerprint density at radius 2 is 1.82 bits per heavy atom. The predicted molar refractivity (Wildman–Crippen MR) is 142 cm³/mol. The van der Waals surface area contributed by atoms with Crippen molar-refractivity contribution < 1.29 is 23.5 Å². The van der Waals surface area contributed by atoms with Gasteiger partial charge in [-0.1, -0.05) is 35.9 Å². The number of hydrogen-bond donors (Lipinski definition) is 1. The molecular weight excluding hydrogens is 511 g/mol. The number of ether oxygens (including phenoxy) is 1. The van der Waals surface area contributed by atoms with E-state index in [1.165, 1.54) is 17.0 Å². The van der Waals surface area contributed by atoms with E-state index in [0.717, 1.165) is 0 Å². The Bertz CT molecular complexity index is 1240. The molecule has 2 aromatic carbocycles. The van der Waals surface area contributed by atoms with Crippen LogP contribution in [0.2, 0.25) is 5.02 Å². The lowest BCUT2D eigenvalue weighted by atomic mass is 9.94. The molecule has 2 aliphatic heterocycles. The van der Waals surface area contributed by atoms with Gasteiger partial charge in [-0.05, 0) is 50.6 Å². The van der Waals surface area contributed by atoms with E-state index in [2.05, 4.69) is 10.2 Å². The van der Waals surface area contributed by atoms with E-state index in [1.807, 2.05) is 13.8 Å². The summed E-state index contributed by atoms with van der Waals surface area (Å²) in [4.78, 5) is 45.0. The Labute approximate surface area is 227 Å². The third kappa shape index (κ3) is 5.68. The van der Waals surface area contributed by atoms with Gasteiger partial charge >= 0.3 is 12.0 Å². The number of benzene rings is 2. The lowest BCUT2D eigenvalue weighted by Crippen LogP contribution is -2.56. The first-order valence-corrected chi connectivity index (χ1v) is 13.1. The number of carbonyl (C=O) groups is 3. The van der Waals surface area contributed by atoms with Gasteiger partial charge < -0.3 is 15.0 Å². The topological polar surface area (TPSA) is 82.2 Å². The van der Waals surface area contributed by atoms with E-state index < -0.39 is 17.8 Å². The molecule has 4 rings (SSSR count).